The number of unbranched alkanes of at least 4 members (excludes halogenated alkanes) is 44. The molecule has 0 N–H and O–H groups in total. The van der Waals surface area contributed by atoms with Gasteiger partial charge < -0.3 is 14.2 Å². The van der Waals surface area contributed by atoms with Crippen LogP contribution >= 0.6 is 0 Å². The molecule has 0 rings (SSSR count). The van der Waals surface area contributed by atoms with E-state index in [-0.39, 0.29) is 31.1 Å². The van der Waals surface area contributed by atoms with Crippen LogP contribution < -0.4 is 0 Å². The summed E-state index contributed by atoms with van der Waals surface area (Å²) in [6, 6.07) is 0. The molecular weight excluding hydrogens is 1020 g/mol. The van der Waals surface area contributed by atoms with Crippen molar-refractivity contribution >= 4 is 17.9 Å². The molecular formula is C77H138O6. The van der Waals surface area contributed by atoms with E-state index in [1.165, 1.54) is 231 Å². The van der Waals surface area contributed by atoms with Crippen LogP contribution in [0, 0.1) is 0 Å². The quantitative estimate of drug-likeness (QED) is 0.0261. The van der Waals surface area contributed by atoms with Gasteiger partial charge in [-0.05, 0) is 70.6 Å². The highest BCUT2D eigenvalue weighted by atomic mass is 16.6. The van der Waals surface area contributed by atoms with Crippen LogP contribution in [0.2, 0.25) is 0 Å². The fourth-order valence-corrected chi connectivity index (χ4v) is 10.8. The molecule has 0 heterocycles. The van der Waals surface area contributed by atoms with E-state index in [9.17, 15) is 14.4 Å². The van der Waals surface area contributed by atoms with Crippen molar-refractivity contribution in [3.05, 3.63) is 72.9 Å². The average molecular weight is 1160 g/mol. The number of hydrogen-bond acceptors (Lipinski definition) is 6. The summed E-state index contributed by atoms with van der Waals surface area (Å²) in [5.74, 6) is -0.894. The van der Waals surface area contributed by atoms with Gasteiger partial charge in [0, 0.05) is 19.3 Å². The molecule has 6 heteroatoms. The lowest BCUT2D eigenvalue weighted by Gasteiger charge is -2.18. The van der Waals surface area contributed by atoms with Gasteiger partial charge in [0.05, 0.1) is 0 Å². The summed E-state index contributed by atoms with van der Waals surface area (Å²) < 4.78 is 16.9. The first kappa shape index (κ1) is 79.8. The van der Waals surface area contributed by atoms with E-state index >= 15 is 0 Å². The third-order valence-corrected chi connectivity index (χ3v) is 16.2. The molecule has 0 aliphatic carbocycles. The highest BCUT2D eigenvalue weighted by molar-refractivity contribution is 5.71. The Balaban J connectivity index is 4.05. The molecule has 0 amide bonds. The van der Waals surface area contributed by atoms with Crippen molar-refractivity contribution in [2.45, 2.75) is 386 Å². The number of allylic oxidation sites excluding steroid dienone is 12. The van der Waals surface area contributed by atoms with Crippen molar-refractivity contribution in [2.75, 3.05) is 13.2 Å². The predicted molar refractivity (Wildman–Crippen MR) is 362 cm³/mol. The molecule has 0 aromatic heterocycles. The van der Waals surface area contributed by atoms with E-state index in [2.05, 4.69) is 93.7 Å². The molecule has 6 nitrogen and oxygen atoms in total. The van der Waals surface area contributed by atoms with E-state index in [4.69, 9.17) is 14.2 Å². The molecule has 0 saturated heterocycles. The molecule has 0 spiro atoms. The van der Waals surface area contributed by atoms with Crippen molar-refractivity contribution in [3.8, 4) is 0 Å². The van der Waals surface area contributed by atoms with Crippen molar-refractivity contribution < 1.29 is 28.6 Å². The van der Waals surface area contributed by atoms with Gasteiger partial charge in [-0.25, -0.2) is 0 Å². The molecule has 0 aliphatic rings. The fourth-order valence-electron chi connectivity index (χ4n) is 10.8. The molecule has 0 aromatic carbocycles. The van der Waals surface area contributed by atoms with E-state index in [1.54, 1.807) is 0 Å². The van der Waals surface area contributed by atoms with E-state index in [0.717, 1.165) is 109 Å². The monoisotopic (exact) mass is 1160 g/mol. The first-order valence-electron chi connectivity index (χ1n) is 36.4. The SMILES string of the molecule is CC/C=C\C/C=C\C/C=C\C/C=C\C/C=C\C/C=C\CCCCCCC(=O)OC(COC(=O)CCCCCCCCCC)COC(=O)CCCCCCCCCCCCCCCCCCCCCCCCCCCCCCCCCCCC. The molecule has 1 atom stereocenters. The highest BCUT2D eigenvalue weighted by Crippen LogP contribution is 2.19. The second-order valence-electron chi connectivity index (χ2n) is 24.5. The van der Waals surface area contributed by atoms with Crippen LogP contribution in [-0.4, -0.2) is 37.2 Å². The van der Waals surface area contributed by atoms with Crippen LogP contribution in [0.25, 0.3) is 0 Å². The maximum Gasteiger partial charge on any atom is 0.306 e. The minimum absolute atomic E-state index is 0.0821. The van der Waals surface area contributed by atoms with Gasteiger partial charge in [0.2, 0.25) is 0 Å². The number of hydrogen-bond donors (Lipinski definition) is 0. The minimum atomic E-state index is -0.787. The first-order chi connectivity index (χ1) is 41.0. The molecule has 0 aliphatic heterocycles. The van der Waals surface area contributed by atoms with Crippen LogP contribution in [0.15, 0.2) is 72.9 Å². The Morgan fingerprint density at radius 2 is 0.470 bits per heavy atom. The fraction of sp³-hybridized carbons (Fsp3) is 0.805. The molecule has 0 aromatic rings. The van der Waals surface area contributed by atoms with Gasteiger partial charge in [0.25, 0.3) is 0 Å². The zero-order valence-corrected chi connectivity index (χ0v) is 55.5. The second-order valence-corrected chi connectivity index (χ2v) is 24.5. The van der Waals surface area contributed by atoms with Gasteiger partial charge >= 0.3 is 17.9 Å². The van der Waals surface area contributed by atoms with Gasteiger partial charge in [0.15, 0.2) is 6.10 Å². The second kappa shape index (κ2) is 71.3. The van der Waals surface area contributed by atoms with E-state index in [1.807, 2.05) is 0 Å². The normalized spacial score (nSPS) is 12.5. The van der Waals surface area contributed by atoms with Crippen molar-refractivity contribution in [2.24, 2.45) is 0 Å². The predicted octanol–water partition coefficient (Wildman–Crippen LogP) is 25.2. The number of rotatable bonds is 67. The Morgan fingerprint density at radius 1 is 0.253 bits per heavy atom. The number of carbonyl (C=O) groups is 3. The lowest BCUT2D eigenvalue weighted by atomic mass is 10.0. The largest absolute Gasteiger partial charge is 0.462 e. The van der Waals surface area contributed by atoms with Crippen LogP contribution in [0.3, 0.4) is 0 Å². The van der Waals surface area contributed by atoms with Gasteiger partial charge in [-0.15, -0.1) is 0 Å². The molecule has 83 heavy (non-hydrogen) atoms. The smallest absolute Gasteiger partial charge is 0.306 e. The Kier molecular flexibility index (Phi) is 68.6. The molecule has 0 radical (unpaired) electrons. The maximum atomic E-state index is 12.9. The van der Waals surface area contributed by atoms with Crippen LogP contribution in [0.4, 0.5) is 0 Å². The van der Waals surface area contributed by atoms with Crippen LogP contribution in [-0.2, 0) is 28.6 Å². The summed E-state index contributed by atoms with van der Waals surface area (Å²) in [6.07, 6.45) is 94.1. The highest BCUT2D eigenvalue weighted by Gasteiger charge is 2.19. The van der Waals surface area contributed by atoms with E-state index in [0.29, 0.717) is 19.3 Å². The van der Waals surface area contributed by atoms with Gasteiger partial charge in [0.1, 0.15) is 13.2 Å². The molecule has 0 fully saturated rings. The maximum absolute atomic E-state index is 12.9. The van der Waals surface area contributed by atoms with Crippen LogP contribution in [0.1, 0.15) is 380 Å². The Labute approximate surface area is 516 Å². The van der Waals surface area contributed by atoms with Crippen molar-refractivity contribution in [1.29, 1.82) is 0 Å². The first-order valence-corrected chi connectivity index (χ1v) is 36.4. The number of esters is 3. The molecule has 482 valence electrons. The molecule has 1 unspecified atom stereocenters. The van der Waals surface area contributed by atoms with Gasteiger partial charge in [-0.2, -0.15) is 0 Å². The molecule has 0 bridgehead atoms. The minimum Gasteiger partial charge on any atom is -0.462 e. The molecule has 0 saturated carbocycles. The zero-order chi connectivity index (χ0) is 59.9. The summed E-state index contributed by atoms with van der Waals surface area (Å²) in [4.78, 5) is 38.2. The zero-order valence-electron chi connectivity index (χ0n) is 55.5. The Bertz CT molecular complexity index is 1520. The van der Waals surface area contributed by atoms with E-state index < -0.39 is 6.10 Å². The third kappa shape index (κ3) is 69.5. The van der Waals surface area contributed by atoms with Gasteiger partial charge in [-0.1, -0.05) is 363 Å². The summed E-state index contributed by atoms with van der Waals surface area (Å²) in [5.41, 5.74) is 0. The average Bonchev–Trinajstić information content (AvgIpc) is 3.49. The Morgan fingerprint density at radius 3 is 0.735 bits per heavy atom. The lowest BCUT2D eigenvalue weighted by molar-refractivity contribution is -0.167. The number of carbonyl (C=O) groups excluding carboxylic acids is 3. The summed E-state index contributed by atoms with van der Waals surface area (Å²) in [6.45, 7) is 6.53. The van der Waals surface area contributed by atoms with Crippen molar-refractivity contribution in [1.82, 2.24) is 0 Å². The number of ether oxygens (including phenoxy) is 3. The third-order valence-electron chi connectivity index (χ3n) is 16.2. The Hall–Kier alpha value is -3.15. The standard InChI is InChI=1S/C77H138O6/c1-4-7-10-13-16-19-21-23-25-27-29-31-33-34-35-36-37-38-39-40-41-42-43-45-46-48-50-52-54-56-58-61-64-67-70-76(79)82-73-74(72-81-75(78)69-66-63-60-18-15-12-9-6-3)83-77(80)71-68-65-62-59-57-55-53-51-49-47-44-32-30-28-26-24-22-20-17-14-11-8-5-2/h8,11,17,20,24,26,30,32,47,49,53,55,74H,4-7,9-10,12-16,18-19,21-23,25,27-29,31,33-46,48,50-52,54,56-73H2,1-3H3/b11-8-,20-17-,26-24-,32-30-,49-47-,55-53-. The summed E-state index contributed by atoms with van der Waals surface area (Å²) in [5, 5.41) is 0. The van der Waals surface area contributed by atoms with Crippen molar-refractivity contribution in [3.63, 3.8) is 0 Å². The van der Waals surface area contributed by atoms with Gasteiger partial charge in [-0.3, -0.25) is 14.4 Å². The summed E-state index contributed by atoms with van der Waals surface area (Å²) in [7, 11) is 0. The van der Waals surface area contributed by atoms with Crippen LogP contribution in [0.5, 0.6) is 0 Å². The lowest BCUT2D eigenvalue weighted by Crippen LogP contribution is -2.30. The topological polar surface area (TPSA) is 78.9 Å². The summed E-state index contributed by atoms with van der Waals surface area (Å²) >= 11 is 0.